The van der Waals surface area contributed by atoms with Gasteiger partial charge in [0.15, 0.2) is 5.75 Å². The summed E-state index contributed by atoms with van der Waals surface area (Å²) in [4.78, 5) is 0. The second-order valence-electron chi connectivity index (χ2n) is 6.10. The van der Waals surface area contributed by atoms with Gasteiger partial charge in [0.05, 0.1) is 0 Å². The number of hydrogen-bond acceptors (Lipinski definition) is 4. The van der Waals surface area contributed by atoms with Crippen molar-refractivity contribution in [3.63, 3.8) is 0 Å². The van der Waals surface area contributed by atoms with Crippen LogP contribution in [0, 0.1) is 6.92 Å². The van der Waals surface area contributed by atoms with Gasteiger partial charge in [-0.1, -0.05) is 36.4 Å². The Morgan fingerprint density at radius 2 is 1.65 bits per heavy atom. The van der Waals surface area contributed by atoms with E-state index in [1.54, 1.807) is 0 Å². The van der Waals surface area contributed by atoms with Gasteiger partial charge in [0.2, 0.25) is 0 Å². The molecule has 1 aliphatic heterocycles. The summed E-state index contributed by atoms with van der Waals surface area (Å²) < 4.78 is 37.0. The molecule has 0 aliphatic carbocycles. The molecule has 1 aliphatic rings. The number of para-hydroxylation sites is 1. The first kappa shape index (κ1) is 16.6. The highest BCUT2D eigenvalue weighted by Gasteiger charge is 2.25. The molecule has 1 N–H and O–H groups in total. The fourth-order valence-corrected chi connectivity index (χ4v) is 3.73. The average molecular weight is 367 g/mol. The maximum absolute atomic E-state index is 11.8. The summed E-state index contributed by atoms with van der Waals surface area (Å²) in [5.41, 5.74) is 3.46. The zero-order valence-electron chi connectivity index (χ0n) is 14.1. The molecule has 0 spiro atoms. The van der Waals surface area contributed by atoms with Crippen LogP contribution in [0.5, 0.6) is 17.2 Å². The van der Waals surface area contributed by atoms with Gasteiger partial charge in [-0.15, -0.1) is 0 Å². The summed E-state index contributed by atoms with van der Waals surface area (Å²) in [7, 11) is -3.76. The molecule has 132 valence electrons. The molecule has 26 heavy (non-hydrogen) atoms. The predicted octanol–water partition coefficient (Wildman–Crippen LogP) is 4.18. The summed E-state index contributed by atoms with van der Waals surface area (Å²) in [5.74, 6) is 1.84. The van der Waals surface area contributed by atoms with Crippen LogP contribution in [0.2, 0.25) is 0 Å². The largest absolute Gasteiger partial charge is 0.457 e. The fraction of sp³-hybridized carbons (Fsp3) is 0.100. The van der Waals surface area contributed by atoms with Crippen molar-refractivity contribution in [1.29, 1.82) is 0 Å². The van der Waals surface area contributed by atoms with Crippen molar-refractivity contribution in [3.05, 3.63) is 77.9 Å². The Bertz CT molecular complexity index is 1050. The highest BCUT2D eigenvalue weighted by atomic mass is 32.2. The van der Waals surface area contributed by atoms with Crippen molar-refractivity contribution in [2.45, 2.75) is 13.5 Å². The predicted molar refractivity (Wildman–Crippen MR) is 99.5 cm³/mol. The van der Waals surface area contributed by atoms with Gasteiger partial charge in [-0.3, -0.25) is 0 Å². The van der Waals surface area contributed by atoms with Crippen LogP contribution >= 0.6 is 0 Å². The maximum atomic E-state index is 11.8. The SMILES string of the molecule is Cc1cc2c(c(-c3ccc(Oc4ccccc4)cc3)c1)OS(=O)(=O)NC2. The first-order valence-corrected chi connectivity index (χ1v) is 9.57. The molecule has 1 heterocycles. The standard InChI is InChI=1S/C20H17NO4S/c1-14-11-16-13-21-26(22,23)25-20(16)19(12-14)15-7-9-18(10-8-15)24-17-5-3-2-4-6-17/h2-12,21H,13H2,1H3. The minimum Gasteiger partial charge on any atom is -0.457 e. The molecule has 0 aromatic heterocycles. The number of rotatable bonds is 3. The third-order valence-corrected chi connectivity index (χ3v) is 4.97. The quantitative estimate of drug-likeness (QED) is 0.754. The van der Waals surface area contributed by atoms with Crippen molar-refractivity contribution >= 4 is 10.3 Å². The third-order valence-electron chi connectivity index (χ3n) is 4.09. The smallest absolute Gasteiger partial charge is 0.382 e. The lowest BCUT2D eigenvalue weighted by molar-refractivity contribution is 0.454. The molecule has 0 fully saturated rings. The van der Waals surface area contributed by atoms with Crippen molar-refractivity contribution < 1.29 is 17.3 Å². The first-order valence-electron chi connectivity index (χ1n) is 8.16. The molecule has 0 radical (unpaired) electrons. The highest BCUT2D eigenvalue weighted by molar-refractivity contribution is 7.85. The molecule has 0 saturated carbocycles. The molecular formula is C20H17NO4S. The number of fused-ring (bicyclic) bond motifs is 1. The van der Waals surface area contributed by atoms with Crippen LogP contribution in [0.1, 0.15) is 11.1 Å². The van der Waals surface area contributed by atoms with Gasteiger partial charge >= 0.3 is 10.3 Å². The van der Waals surface area contributed by atoms with E-state index < -0.39 is 10.3 Å². The maximum Gasteiger partial charge on any atom is 0.382 e. The molecule has 0 unspecified atom stereocenters. The zero-order chi connectivity index (χ0) is 18.1. The highest BCUT2D eigenvalue weighted by Crippen LogP contribution is 2.38. The Morgan fingerprint density at radius 1 is 0.962 bits per heavy atom. The molecule has 3 aromatic rings. The van der Waals surface area contributed by atoms with Crippen LogP contribution in [0.15, 0.2) is 66.7 Å². The average Bonchev–Trinajstić information content (AvgIpc) is 2.63. The molecule has 0 bridgehead atoms. The lowest BCUT2D eigenvalue weighted by Gasteiger charge is -2.21. The Hall–Kier alpha value is -2.83. The van der Waals surface area contributed by atoms with Gasteiger partial charge in [0.25, 0.3) is 0 Å². The molecule has 0 amide bonds. The van der Waals surface area contributed by atoms with E-state index in [2.05, 4.69) is 4.72 Å². The van der Waals surface area contributed by atoms with Crippen LogP contribution in [0.4, 0.5) is 0 Å². The normalized spacial score (nSPS) is 15.0. The fourth-order valence-electron chi connectivity index (χ4n) is 2.92. The number of aryl methyl sites for hydroxylation is 1. The second-order valence-corrected chi connectivity index (χ2v) is 7.46. The van der Waals surface area contributed by atoms with Crippen LogP contribution in [0.3, 0.4) is 0 Å². The second kappa shape index (κ2) is 6.48. The van der Waals surface area contributed by atoms with E-state index in [4.69, 9.17) is 8.92 Å². The van der Waals surface area contributed by atoms with Crippen molar-refractivity contribution in [3.8, 4) is 28.4 Å². The van der Waals surface area contributed by atoms with Crippen molar-refractivity contribution in [1.82, 2.24) is 4.72 Å². The van der Waals surface area contributed by atoms with Gasteiger partial charge < -0.3 is 8.92 Å². The number of nitrogens with one attached hydrogen (secondary N) is 1. The van der Waals surface area contributed by atoms with E-state index in [9.17, 15) is 8.42 Å². The van der Waals surface area contributed by atoms with E-state index >= 15 is 0 Å². The van der Waals surface area contributed by atoms with Gasteiger partial charge in [-0.05, 0) is 48.4 Å². The molecule has 0 atom stereocenters. The van der Waals surface area contributed by atoms with E-state index in [1.807, 2.05) is 73.7 Å². The summed E-state index contributed by atoms with van der Waals surface area (Å²) in [6, 6.07) is 20.9. The van der Waals surface area contributed by atoms with Crippen LogP contribution in [-0.2, 0) is 16.8 Å². The van der Waals surface area contributed by atoms with Crippen LogP contribution in [0.25, 0.3) is 11.1 Å². The van der Waals surface area contributed by atoms with Crippen molar-refractivity contribution in [2.75, 3.05) is 0 Å². The molecule has 4 rings (SSSR count). The molecule has 5 nitrogen and oxygen atoms in total. The molecule has 0 saturated heterocycles. The van der Waals surface area contributed by atoms with Crippen molar-refractivity contribution in [2.24, 2.45) is 0 Å². The van der Waals surface area contributed by atoms with E-state index in [-0.39, 0.29) is 6.54 Å². The van der Waals surface area contributed by atoms with Crippen LogP contribution < -0.4 is 13.6 Å². The van der Waals surface area contributed by atoms with E-state index in [0.29, 0.717) is 11.5 Å². The molecular weight excluding hydrogens is 350 g/mol. The topological polar surface area (TPSA) is 64.6 Å². The van der Waals surface area contributed by atoms with Gasteiger partial charge in [-0.25, -0.2) is 0 Å². The summed E-state index contributed by atoms with van der Waals surface area (Å²) >= 11 is 0. The summed E-state index contributed by atoms with van der Waals surface area (Å²) in [6.07, 6.45) is 0. The minimum absolute atomic E-state index is 0.224. The lowest BCUT2D eigenvalue weighted by Crippen LogP contribution is -2.32. The van der Waals surface area contributed by atoms with Gasteiger partial charge in [0, 0.05) is 17.7 Å². The summed E-state index contributed by atoms with van der Waals surface area (Å²) in [5, 5.41) is 0. The van der Waals surface area contributed by atoms with Gasteiger partial charge in [-0.2, -0.15) is 13.1 Å². The number of benzene rings is 3. The Morgan fingerprint density at radius 3 is 2.38 bits per heavy atom. The van der Waals surface area contributed by atoms with E-state index in [0.717, 1.165) is 28.0 Å². The molecule has 3 aromatic carbocycles. The first-order chi connectivity index (χ1) is 12.5. The monoisotopic (exact) mass is 367 g/mol. The summed E-state index contributed by atoms with van der Waals surface area (Å²) in [6.45, 7) is 2.20. The minimum atomic E-state index is -3.76. The number of hydrogen-bond donors (Lipinski definition) is 1. The lowest BCUT2D eigenvalue weighted by atomic mass is 9.98. The van der Waals surface area contributed by atoms with E-state index in [1.165, 1.54) is 0 Å². The Labute approximate surface area is 152 Å². The third kappa shape index (κ3) is 3.42. The molecule has 6 heteroatoms. The van der Waals surface area contributed by atoms with Gasteiger partial charge in [0.1, 0.15) is 11.5 Å². The van der Waals surface area contributed by atoms with Crippen LogP contribution in [-0.4, -0.2) is 8.42 Å². The zero-order valence-corrected chi connectivity index (χ0v) is 14.9. The number of ether oxygens (including phenoxy) is 1. The Balaban J connectivity index is 1.69. The Kier molecular flexibility index (Phi) is 4.14.